The Balaban J connectivity index is 2.40. The van der Waals surface area contributed by atoms with Crippen molar-refractivity contribution in [2.24, 2.45) is 11.1 Å². The molecule has 0 aromatic heterocycles. The maximum Gasteiger partial charge on any atom is 0.224 e. The number of nitrogens with zero attached hydrogens (tertiary/aromatic N) is 1. The van der Waals surface area contributed by atoms with Gasteiger partial charge in [0.25, 0.3) is 0 Å². The minimum Gasteiger partial charge on any atom is -0.343 e. The summed E-state index contributed by atoms with van der Waals surface area (Å²) in [5.41, 5.74) is 6.08. The van der Waals surface area contributed by atoms with Gasteiger partial charge in [0.1, 0.15) is 0 Å². The molecule has 1 amide bonds. The van der Waals surface area contributed by atoms with Crippen LogP contribution in [0.4, 0.5) is 0 Å². The molecule has 0 aromatic carbocycles. The molecule has 3 nitrogen and oxygen atoms in total. The zero-order valence-corrected chi connectivity index (χ0v) is 10.3. The molecule has 1 unspecified atom stereocenters. The van der Waals surface area contributed by atoms with E-state index in [4.69, 9.17) is 5.73 Å². The van der Waals surface area contributed by atoms with E-state index < -0.39 is 0 Å². The highest BCUT2D eigenvalue weighted by molar-refractivity contribution is 5.76. The molecular formula is C12H24N2O. The zero-order valence-electron chi connectivity index (χ0n) is 10.3. The average molecular weight is 212 g/mol. The van der Waals surface area contributed by atoms with Gasteiger partial charge >= 0.3 is 0 Å². The molecule has 0 aliphatic carbocycles. The molecule has 15 heavy (non-hydrogen) atoms. The Morgan fingerprint density at radius 2 is 2.00 bits per heavy atom. The maximum atomic E-state index is 11.8. The van der Waals surface area contributed by atoms with Crippen molar-refractivity contribution in [3.05, 3.63) is 0 Å². The van der Waals surface area contributed by atoms with Crippen LogP contribution >= 0.6 is 0 Å². The summed E-state index contributed by atoms with van der Waals surface area (Å²) in [6.07, 6.45) is 3.97. The highest BCUT2D eigenvalue weighted by atomic mass is 16.2. The summed E-state index contributed by atoms with van der Waals surface area (Å²) in [5.74, 6) is 0.225. The number of carbonyl (C=O) groups is 1. The van der Waals surface area contributed by atoms with Gasteiger partial charge in [0.05, 0.1) is 0 Å². The number of hydrogen-bond donors (Lipinski definition) is 1. The third-order valence-electron chi connectivity index (χ3n) is 3.67. The molecule has 2 N–H and O–H groups in total. The minimum atomic E-state index is -0.0167. The van der Waals surface area contributed by atoms with E-state index in [1.807, 2.05) is 11.8 Å². The Morgan fingerprint density at radius 1 is 1.47 bits per heavy atom. The molecule has 3 heteroatoms. The van der Waals surface area contributed by atoms with Gasteiger partial charge in [-0.3, -0.25) is 4.79 Å². The van der Waals surface area contributed by atoms with Crippen molar-refractivity contribution in [3.8, 4) is 0 Å². The van der Waals surface area contributed by atoms with E-state index in [0.717, 1.165) is 25.9 Å². The van der Waals surface area contributed by atoms with Crippen molar-refractivity contribution in [2.45, 2.75) is 52.5 Å². The van der Waals surface area contributed by atoms with Crippen LogP contribution in [0.3, 0.4) is 0 Å². The molecule has 88 valence electrons. The largest absolute Gasteiger partial charge is 0.343 e. The lowest BCUT2D eigenvalue weighted by molar-refractivity contribution is -0.133. The molecule has 1 saturated heterocycles. The van der Waals surface area contributed by atoms with Gasteiger partial charge in [-0.15, -0.1) is 0 Å². The Hall–Kier alpha value is -0.570. The van der Waals surface area contributed by atoms with Crippen LogP contribution in [0.2, 0.25) is 0 Å². The topological polar surface area (TPSA) is 46.3 Å². The van der Waals surface area contributed by atoms with Gasteiger partial charge < -0.3 is 10.6 Å². The maximum absolute atomic E-state index is 11.8. The first-order chi connectivity index (χ1) is 6.97. The van der Waals surface area contributed by atoms with Crippen molar-refractivity contribution in [2.75, 3.05) is 13.1 Å². The third-order valence-corrected chi connectivity index (χ3v) is 3.67. The summed E-state index contributed by atoms with van der Waals surface area (Å²) in [7, 11) is 0. The van der Waals surface area contributed by atoms with Crippen LogP contribution in [-0.2, 0) is 4.79 Å². The number of rotatable bonds is 3. The molecule has 1 aliphatic rings. The highest BCUT2D eigenvalue weighted by Crippen LogP contribution is 2.33. The second-order valence-corrected chi connectivity index (χ2v) is 5.23. The van der Waals surface area contributed by atoms with Crippen LogP contribution < -0.4 is 5.73 Å². The van der Waals surface area contributed by atoms with E-state index in [9.17, 15) is 4.79 Å². The number of hydrogen-bond acceptors (Lipinski definition) is 2. The van der Waals surface area contributed by atoms with E-state index in [-0.39, 0.29) is 11.9 Å². The van der Waals surface area contributed by atoms with E-state index in [1.165, 1.54) is 6.42 Å². The van der Waals surface area contributed by atoms with Gasteiger partial charge in [-0.25, -0.2) is 0 Å². The predicted molar refractivity (Wildman–Crippen MR) is 62.5 cm³/mol. The number of nitrogens with two attached hydrogens (primary N) is 1. The first-order valence-electron chi connectivity index (χ1n) is 6.00. The van der Waals surface area contributed by atoms with E-state index in [0.29, 0.717) is 11.8 Å². The van der Waals surface area contributed by atoms with Crippen LogP contribution in [0.15, 0.2) is 0 Å². The lowest BCUT2D eigenvalue weighted by atomic mass is 9.78. The minimum absolute atomic E-state index is 0.0167. The Kier molecular flexibility index (Phi) is 4.14. The smallest absolute Gasteiger partial charge is 0.224 e. The zero-order chi connectivity index (χ0) is 11.5. The SMILES string of the molecule is CCC1(C)CCN(C(=O)CC(C)N)CC1. The quantitative estimate of drug-likeness (QED) is 0.775. The molecule has 0 saturated carbocycles. The monoisotopic (exact) mass is 212 g/mol. The molecule has 1 rings (SSSR count). The summed E-state index contributed by atoms with van der Waals surface area (Å²) in [6.45, 7) is 8.27. The van der Waals surface area contributed by atoms with Crippen molar-refractivity contribution in [3.63, 3.8) is 0 Å². The fourth-order valence-corrected chi connectivity index (χ4v) is 2.05. The number of carbonyl (C=O) groups excluding carboxylic acids is 1. The lowest BCUT2D eigenvalue weighted by Gasteiger charge is -2.39. The van der Waals surface area contributed by atoms with Gasteiger partial charge in [-0.1, -0.05) is 20.3 Å². The molecule has 0 spiro atoms. The summed E-state index contributed by atoms with van der Waals surface area (Å²) in [5, 5.41) is 0. The molecule has 0 bridgehead atoms. The fourth-order valence-electron chi connectivity index (χ4n) is 2.05. The first kappa shape index (κ1) is 12.5. The number of amides is 1. The van der Waals surface area contributed by atoms with Crippen LogP contribution in [0.1, 0.15) is 46.5 Å². The Bertz CT molecular complexity index is 218. The summed E-state index contributed by atoms with van der Waals surface area (Å²) < 4.78 is 0. The van der Waals surface area contributed by atoms with Crippen LogP contribution in [0.25, 0.3) is 0 Å². The van der Waals surface area contributed by atoms with Crippen molar-refractivity contribution in [1.82, 2.24) is 4.90 Å². The standard InChI is InChI=1S/C12H24N2O/c1-4-12(3)5-7-14(8-6-12)11(15)9-10(2)13/h10H,4-9,13H2,1-3H3. The fraction of sp³-hybridized carbons (Fsp3) is 0.917. The first-order valence-corrected chi connectivity index (χ1v) is 6.00. The summed E-state index contributed by atoms with van der Waals surface area (Å²) in [6, 6.07) is -0.0167. The normalized spacial score (nSPS) is 22.5. The van der Waals surface area contributed by atoms with Gasteiger partial charge in [0.15, 0.2) is 0 Å². The lowest BCUT2D eigenvalue weighted by Crippen LogP contribution is -2.43. The molecule has 1 heterocycles. The molecule has 0 radical (unpaired) electrons. The summed E-state index contributed by atoms with van der Waals surface area (Å²) >= 11 is 0. The Labute approximate surface area is 93.0 Å². The molecule has 1 atom stereocenters. The van der Waals surface area contributed by atoms with Gasteiger partial charge in [0, 0.05) is 25.6 Å². The van der Waals surface area contributed by atoms with Crippen LogP contribution in [0.5, 0.6) is 0 Å². The van der Waals surface area contributed by atoms with Crippen molar-refractivity contribution in [1.29, 1.82) is 0 Å². The Morgan fingerprint density at radius 3 is 2.40 bits per heavy atom. The second-order valence-electron chi connectivity index (χ2n) is 5.23. The van der Waals surface area contributed by atoms with Crippen LogP contribution in [0, 0.1) is 5.41 Å². The average Bonchev–Trinajstić information content (AvgIpc) is 2.18. The second kappa shape index (κ2) is 4.97. The molecule has 1 fully saturated rings. The van der Waals surface area contributed by atoms with E-state index in [1.54, 1.807) is 0 Å². The summed E-state index contributed by atoms with van der Waals surface area (Å²) in [4.78, 5) is 13.7. The van der Waals surface area contributed by atoms with Gasteiger partial charge in [0.2, 0.25) is 5.91 Å². The van der Waals surface area contributed by atoms with Gasteiger partial charge in [-0.05, 0) is 25.2 Å². The molecular weight excluding hydrogens is 188 g/mol. The molecule has 0 aromatic rings. The van der Waals surface area contributed by atoms with Crippen molar-refractivity contribution >= 4 is 5.91 Å². The highest BCUT2D eigenvalue weighted by Gasteiger charge is 2.30. The predicted octanol–water partition coefficient (Wildman–Crippen LogP) is 1.76. The number of piperidine rings is 1. The third kappa shape index (κ3) is 3.49. The van der Waals surface area contributed by atoms with Crippen molar-refractivity contribution < 1.29 is 4.79 Å². The van der Waals surface area contributed by atoms with Crippen LogP contribution in [-0.4, -0.2) is 29.9 Å². The number of likely N-dealkylation sites (tertiary alicyclic amines) is 1. The van der Waals surface area contributed by atoms with E-state index >= 15 is 0 Å². The van der Waals surface area contributed by atoms with Gasteiger partial charge in [-0.2, -0.15) is 0 Å². The van der Waals surface area contributed by atoms with E-state index in [2.05, 4.69) is 13.8 Å². The molecule has 1 aliphatic heterocycles.